The molecule has 2 N–H and O–H groups in total. The summed E-state index contributed by atoms with van der Waals surface area (Å²) in [6.45, 7) is 5.31. The fourth-order valence-corrected chi connectivity index (χ4v) is 0.782. The molecule has 19 heavy (non-hydrogen) atoms. The summed E-state index contributed by atoms with van der Waals surface area (Å²) in [5.74, 6) is -1.15. The van der Waals surface area contributed by atoms with Gasteiger partial charge >= 0.3 is 17.9 Å². The van der Waals surface area contributed by atoms with Crippen molar-refractivity contribution in [1.29, 1.82) is 0 Å². The first-order valence-corrected chi connectivity index (χ1v) is 5.71. The molecule has 0 radical (unpaired) electrons. The average Bonchev–Trinajstić information content (AvgIpc) is 2.33. The lowest BCUT2D eigenvalue weighted by Crippen LogP contribution is -2.24. The van der Waals surface area contributed by atoms with Gasteiger partial charge in [0.2, 0.25) is 0 Å². The number of methoxy groups -OCH3 is 2. The van der Waals surface area contributed by atoms with Gasteiger partial charge in [0.1, 0.15) is 5.60 Å². The summed E-state index contributed by atoms with van der Waals surface area (Å²) in [4.78, 5) is 31.5. The first-order valence-electron chi connectivity index (χ1n) is 5.71. The largest absolute Gasteiger partial charge is 0.469 e. The zero-order valence-corrected chi connectivity index (χ0v) is 12.1. The standard InChI is InChI=1S/C9H16O4.C3H7NO2/c1-9(2,3)13-8(11)6-5-7(10)12-4;1-6-3(5)2-4/h5-6H2,1-4H3;2,4H2,1H3. The second-order valence-corrected chi connectivity index (χ2v) is 4.44. The van der Waals surface area contributed by atoms with Gasteiger partial charge in [0, 0.05) is 0 Å². The first-order chi connectivity index (χ1) is 8.66. The third kappa shape index (κ3) is 16.4. The van der Waals surface area contributed by atoms with Gasteiger partial charge in [-0.05, 0) is 20.8 Å². The Morgan fingerprint density at radius 1 is 0.895 bits per heavy atom. The van der Waals surface area contributed by atoms with E-state index < -0.39 is 11.6 Å². The van der Waals surface area contributed by atoms with Crippen molar-refractivity contribution < 1.29 is 28.6 Å². The minimum absolute atomic E-state index is 0.0312. The van der Waals surface area contributed by atoms with Gasteiger partial charge in [-0.1, -0.05) is 0 Å². The topological polar surface area (TPSA) is 105 Å². The molecule has 0 bridgehead atoms. The number of hydrogen-bond donors (Lipinski definition) is 1. The Labute approximate surface area is 113 Å². The lowest BCUT2D eigenvalue weighted by atomic mass is 10.2. The van der Waals surface area contributed by atoms with Gasteiger partial charge in [0.15, 0.2) is 0 Å². The van der Waals surface area contributed by atoms with Crippen molar-refractivity contribution in [2.45, 2.75) is 39.2 Å². The Bertz CT molecular complexity index is 289. The summed E-state index contributed by atoms with van der Waals surface area (Å²) in [5, 5.41) is 0. The van der Waals surface area contributed by atoms with Crippen LogP contribution in [-0.4, -0.2) is 44.3 Å². The molecule has 0 spiro atoms. The van der Waals surface area contributed by atoms with Crippen molar-refractivity contribution in [3.63, 3.8) is 0 Å². The maximum Gasteiger partial charge on any atom is 0.319 e. The Morgan fingerprint density at radius 3 is 1.58 bits per heavy atom. The summed E-state index contributed by atoms with van der Waals surface area (Å²) in [5.41, 5.74) is 4.32. The zero-order chi connectivity index (χ0) is 15.5. The second kappa shape index (κ2) is 10.3. The van der Waals surface area contributed by atoms with Crippen LogP contribution in [0.15, 0.2) is 0 Å². The normalized spacial score (nSPS) is 9.79. The number of nitrogens with two attached hydrogens (primary N) is 1. The molecular formula is C12H23NO6. The fourth-order valence-electron chi connectivity index (χ4n) is 0.782. The molecular weight excluding hydrogens is 254 g/mol. The number of carbonyl (C=O) groups excluding carboxylic acids is 3. The van der Waals surface area contributed by atoms with Crippen molar-refractivity contribution in [1.82, 2.24) is 0 Å². The maximum atomic E-state index is 11.0. The van der Waals surface area contributed by atoms with Crippen LogP contribution in [0.2, 0.25) is 0 Å². The van der Waals surface area contributed by atoms with Gasteiger partial charge in [-0.25, -0.2) is 0 Å². The predicted molar refractivity (Wildman–Crippen MR) is 68.2 cm³/mol. The third-order valence-electron chi connectivity index (χ3n) is 1.58. The SMILES string of the molecule is COC(=O)CCC(=O)OC(C)(C)C.COC(=O)CN. The van der Waals surface area contributed by atoms with Crippen molar-refractivity contribution in [3.05, 3.63) is 0 Å². The molecule has 0 unspecified atom stereocenters. The molecule has 112 valence electrons. The minimum Gasteiger partial charge on any atom is -0.469 e. The molecule has 0 heterocycles. The highest BCUT2D eigenvalue weighted by atomic mass is 16.6. The van der Waals surface area contributed by atoms with Crippen LogP contribution in [0, 0.1) is 0 Å². The molecule has 7 nitrogen and oxygen atoms in total. The monoisotopic (exact) mass is 277 g/mol. The highest BCUT2D eigenvalue weighted by molar-refractivity contribution is 5.77. The highest BCUT2D eigenvalue weighted by Crippen LogP contribution is 2.09. The molecule has 0 atom stereocenters. The van der Waals surface area contributed by atoms with E-state index in [2.05, 4.69) is 9.47 Å². The van der Waals surface area contributed by atoms with Crippen LogP contribution in [0.5, 0.6) is 0 Å². The van der Waals surface area contributed by atoms with Gasteiger partial charge in [-0.15, -0.1) is 0 Å². The molecule has 0 rings (SSSR count). The van der Waals surface area contributed by atoms with Crippen LogP contribution >= 0.6 is 0 Å². The van der Waals surface area contributed by atoms with Crippen molar-refractivity contribution in [3.8, 4) is 0 Å². The molecule has 0 amide bonds. The number of hydrogen-bond acceptors (Lipinski definition) is 7. The Morgan fingerprint density at radius 2 is 1.32 bits per heavy atom. The van der Waals surface area contributed by atoms with E-state index in [9.17, 15) is 14.4 Å². The highest BCUT2D eigenvalue weighted by Gasteiger charge is 2.16. The summed E-state index contributed by atoms with van der Waals surface area (Å²) < 4.78 is 13.5. The van der Waals surface area contributed by atoms with Crippen LogP contribution in [-0.2, 0) is 28.6 Å². The van der Waals surface area contributed by atoms with E-state index in [1.807, 2.05) is 0 Å². The summed E-state index contributed by atoms with van der Waals surface area (Å²) >= 11 is 0. The summed E-state index contributed by atoms with van der Waals surface area (Å²) in [6.07, 6.45) is 0.148. The quantitative estimate of drug-likeness (QED) is 0.585. The van der Waals surface area contributed by atoms with E-state index in [4.69, 9.17) is 10.5 Å². The second-order valence-electron chi connectivity index (χ2n) is 4.44. The van der Waals surface area contributed by atoms with E-state index in [0.29, 0.717) is 0 Å². The van der Waals surface area contributed by atoms with E-state index in [-0.39, 0.29) is 31.3 Å². The molecule has 0 saturated heterocycles. The third-order valence-corrected chi connectivity index (χ3v) is 1.58. The van der Waals surface area contributed by atoms with E-state index in [0.717, 1.165) is 0 Å². The lowest BCUT2D eigenvalue weighted by Gasteiger charge is -2.19. The number of esters is 3. The predicted octanol–water partition coefficient (Wildman–Crippen LogP) is 0.399. The van der Waals surface area contributed by atoms with Crippen LogP contribution in [0.4, 0.5) is 0 Å². The van der Waals surface area contributed by atoms with Crippen molar-refractivity contribution in [2.75, 3.05) is 20.8 Å². The van der Waals surface area contributed by atoms with Gasteiger partial charge in [-0.3, -0.25) is 14.4 Å². The molecule has 0 aromatic rings. The van der Waals surface area contributed by atoms with Crippen LogP contribution in [0.1, 0.15) is 33.6 Å². The van der Waals surface area contributed by atoms with E-state index in [1.54, 1.807) is 20.8 Å². The van der Waals surface area contributed by atoms with E-state index >= 15 is 0 Å². The molecule has 0 aromatic carbocycles. The van der Waals surface area contributed by atoms with Gasteiger partial charge in [-0.2, -0.15) is 0 Å². The van der Waals surface area contributed by atoms with Crippen molar-refractivity contribution >= 4 is 17.9 Å². The molecule has 0 fully saturated rings. The van der Waals surface area contributed by atoms with Gasteiger partial charge < -0.3 is 19.9 Å². The molecule has 0 aliphatic heterocycles. The Balaban J connectivity index is 0. The lowest BCUT2D eigenvalue weighted by molar-refractivity contribution is -0.157. The van der Waals surface area contributed by atoms with Crippen molar-refractivity contribution in [2.24, 2.45) is 5.73 Å². The van der Waals surface area contributed by atoms with Gasteiger partial charge in [0.25, 0.3) is 0 Å². The minimum atomic E-state index is -0.493. The van der Waals surface area contributed by atoms with Gasteiger partial charge in [0.05, 0.1) is 33.6 Å². The Kier molecular flexibility index (Phi) is 10.7. The van der Waals surface area contributed by atoms with E-state index in [1.165, 1.54) is 14.2 Å². The smallest absolute Gasteiger partial charge is 0.319 e. The van der Waals surface area contributed by atoms with Crippen LogP contribution in [0.25, 0.3) is 0 Å². The zero-order valence-electron chi connectivity index (χ0n) is 12.1. The first kappa shape index (κ1) is 19.7. The molecule has 0 aliphatic rings. The number of rotatable bonds is 4. The molecule has 7 heteroatoms. The Hall–Kier alpha value is -1.63. The fraction of sp³-hybridized carbons (Fsp3) is 0.750. The summed E-state index contributed by atoms with van der Waals surface area (Å²) in [7, 11) is 2.59. The summed E-state index contributed by atoms with van der Waals surface area (Å²) in [6, 6.07) is 0. The number of carbonyl (C=O) groups is 3. The number of ether oxygens (including phenoxy) is 3. The van der Waals surface area contributed by atoms with Crippen LogP contribution in [0.3, 0.4) is 0 Å². The molecule has 0 aromatic heterocycles. The molecule has 0 saturated carbocycles. The average molecular weight is 277 g/mol. The van der Waals surface area contributed by atoms with Crippen LogP contribution < -0.4 is 5.73 Å². The maximum absolute atomic E-state index is 11.0. The molecule has 0 aliphatic carbocycles.